The van der Waals surface area contributed by atoms with Gasteiger partial charge in [0.25, 0.3) is 0 Å². The third kappa shape index (κ3) is 15.5. The van der Waals surface area contributed by atoms with E-state index >= 15 is 0 Å². The lowest BCUT2D eigenvalue weighted by atomic mass is 9.79. The van der Waals surface area contributed by atoms with E-state index in [2.05, 4.69) is 107 Å². The van der Waals surface area contributed by atoms with Gasteiger partial charge in [-0.25, -0.2) is 19.9 Å². The van der Waals surface area contributed by atoms with E-state index in [1.807, 2.05) is 60.8 Å². The molecule has 8 aromatic carbocycles. The largest absolute Gasteiger partial charge is 0.508 e. The van der Waals surface area contributed by atoms with Crippen molar-refractivity contribution in [1.82, 2.24) is 91.1 Å². The summed E-state index contributed by atoms with van der Waals surface area (Å²) in [6, 6.07) is 35.4. The van der Waals surface area contributed by atoms with Crippen LogP contribution in [0.15, 0.2) is 164 Å². The molecule has 12 aromatic heterocycles. The molecule has 678 valence electrons. The molecule has 0 spiro atoms. The lowest BCUT2D eigenvalue weighted by Crippen LogP contribution is -2.29. The van der Waals surface area contributed by atoms with E-state index in [-0.39, 0.29) is 35.4 Å². The minimum absolute atomic E-state index is 0.0117. The van der Waals surface area contributed by atoms with Crippen LogP contribution >= 0.6 is 0 Å². The smallest absolute Gasteiger partial charge is 0.432 e. The lowest BCUT2D eigenvalue weighted by Gasteiger charge is -2.29. The molecule has 12 heterocycles. The first-order valence-corrected chi connectivity index (χ1v) is 44.4. The number of hydrogen-bond acceptors (Lipinski definition) is 14. The van der Waals surface area contributed by atoms with E-state index in [0.717, 1.165) is 250 Å². The molecule has 0 aliphatic heterocycles. The van der Waals surface area contributed by atoms with E-state index in [1.165, 1.54) is 59.0 Å². The summed E-state index contributed by atoms with van der Waals surface area (Å²) in [5.41, 5.74) is 23.9. The molecule has 0 fully saturated rings. The number of fused-ring (bicyclic) bond motifs is 25. The first kappa shape index (κ1) is 86.0. The second-order valence-electron chi connectivity index (χ2n) is 35.0. The first-order valence-electron chi connectivity index (χ1n) is 44.4. The number of aromatic nitrogens is 18. The Morgan fingerprint density at radius 3 is 1.23 bits per heavy atom. The van der Waals surface area contributed by atoms with Gasteiger partial charge in [0.2, 0.25) is 0 Å². The predicted octanol–water partition coefficient (Wildman–Crippen LogP) is 24.9. The molecule has 0 radical (unpaired) electrons. The van der Waals surface area contributed by atoms with Crippen LogP contribution in [0.4, 0.5) is 52.7 Å². The van der Waals surface area contributed by atoms with Gasteiger partial charge in [0.05, 0.1) is 114 Å². The Morgan fingerprint density at radius 1 is 0.328 bits per heavy atom. The van der Waals surface area contributed by atoms with Crippen molar-refractivity contribution in [3.05, 3.63) is 248 Å². The zero-order chi connectivity index (χ0) is 92.5. The van der Waals surface area contributed by atoms with Crippen molar-refractivity contribution in [3.63, 3.8) is 0 Å². The topological polar surface area (TPSA) is 313 Å². The molecule has 5 aliphatic carbocycles. The molecule has 33 heteroatoms. The maximum absolute atomic E-state index is 13.7. The summed E-state index contributed by atoms with van der Waals surface area (Å²) in [7, 11) is 0. The average molecular weight is 1820 g/mol. The van der Waals surface area contributed by atoms with Gasteiger partial charge in [0, 0.05) is 99.3 Å². The SMILES string of the molecule is Cc1[nH]ncc1-c1nc2ccc3n[nH]c(C)c3c2c2c1CCCC2.FC(F)(F)c1cc(-c2nc3ccc4[nH]ncc4c3c3c2CCCC3)n[nH]1.Oc1ccc(-c2[nH]c3ccc4nccc4c3c3c2CC(C(F)(F)F)CC3)cc1.Oc1ccc(-c2nc3ccc4[nH]ncc4c3c3c2CCCC3)c(C(F)(F)F)c1.Oc1ccc(-c2nc3ccc4[nH]ncc4c3c3c2CCCC3)c(C(F)(F)F)c1. The predicted molar refractivity (Wildman–Crippen MR) is 488 cm³/mol. The summed E-state index contributed by atoms with van der Waals surface area (Å²) in [5.74, 6) is -2.05. The van der Waals surface area contributed by atoms with Gasteiger partial charge in [-0.3, -0.25) is 35.6 Å². The number of aromatic hydroxyl groups is 3. The molecule has 25 rings (SSSR count). The summed E-state index contributed by atoms with van der Waals surface area (Å²) >= 11 is 0. The molecule has 20 aromatic rings. The van der Waals surface area contributed by atoms with Crippen molar-refractivity contribution in [2.24, 2.45) is 5.92 Å². The summed E-state index contributed by atoms with van der Waals surface area (Å²) in [5, 5.41) is 81.1. The highest BCUT2D eigenvalue weighted by Gasteiger charge is 2.44. The number of nitrogens with zero attached hydrogens (tertiary/aromatic N) is 11. The molecular weight excluding hydrogens is 1740 g/mol. The highest BCUT2D eigenvalue weighted by atomic mass is 19.4. The summed E-state index contributed by atoms with van der Waals surface area (Å²) in [4.78, 5) is 26.8. The number of nitrogens with one attached hydrogen (secondary N) is 7. The number of benzene rings is 8. The van der Waals surface area contributed by atoms with Crippen LogP contribution in [0, 0.1) is 19.8 Å². The van der Waals surface area contributed by atoms with Crippen LogP contribution in [0.2, 0.25) is 0 Å². The molecular formula is C101H82F12N18O3. The van der Waals surface area contributed by atoms with Gasteiger partial charge in [-0.05, 0) is 331 Å². The second-order valence-corrected chi connectivity index (χ2v) is 35.0. The van der Waals surface area contributed by atoms with Crippen molar-refractivity contribution in [2.75, 3.05) is 0 Å². The maximum Gasteiger partial charge on any atom is 0.432 e. The Balaban J connectivity index is 0.000000101. The minimum atomic E-state index is -4.58. The van der Waals surface area contributed by atoms with E-state index in [0.29, 0.717) is 58.6 Å². The van der Waals surface area contributed by atoms with Gasteiger partial charge >= 0.3 is 24.7 Å². The number of hydrogen-bond donors (Lipinski definition) is 10. The Bertz CT molecular complexity index is 7860. The van der Waals surface area contributed by atoms with E-state index in [4.69, 9.17) is 9.97 Å². The van der Waals surface area contributed by atoms with Crippen LogP contribution in [0.5, 0.6) is 17.2 Å². The third-order valence-electron chi connectivity index (χ3n) is 26.9. The summed E-state index contributed by atoms with van der Waals surface area (Å²) in [6.45, 7) is 4.16. The fraction of sp³-hybridized carbons (Fsp3) is 0.257. The Kier molecular flexibility index (Phi) is 21.5. The Labute approximate surface area is 752 Å². The number of phenolic OH excluding ortho intramolecular Hbond substituents is 3. The highest BCUT2D eigenvalue weighted by molar-refractivity contribution is 6.13. The molecule has 1 unspecified atom stereocenters. The number of pyridine rings is 5. The zero-order valence-electron chi connectivity index (χ0n) is 71.9. The van der Waals surface area contributed by atoms with Crippen LogP contribution in [0.3, 0.4) is 0 Å². The van der Waals surface area contributed by atoms with Gasteiger partial charge in [-0.1, -0.05) is 0 Å². The molecule has 0 saturated carbocycles. The van der Waals surface area contributed by atoms with E-state index in [9.17, 15) is 68.0 Å². The number of phenols is 3. The average Bonchev–Trinajstić information content (AvgIpc) is 1.52. The number of aryl methyl sites for hydroxylation is 7. The minimum Gasteiger partial charge on any atom is -0.508 e. The molecule has 5 aliphatic rings. The van der Waals surface area contributed by atoms with E-state index < -0.39 is 58.9 Å². The fourth-order valence-corrected chi connectivity index (χ4v) is 20.8. The number of aromatic amines is 7. The fourth-order valence-electron chi connectivity index (χ4n) is 20.8. The van der Waals surface area contributed by atoms with Gasteiger partial charge < -0.3 is 20.3 Å². The quantitative estimate of drug-likeness (QED) is 0.0717. The highest BCUT2D eigenvalue weighted by Crippen LogP contribution is 2.50. The lowest BCUT2D eigenvalue weighted by molar-refractivity contribution is -0.177. The summed E-state index contributed by atoms with van der Waals surface area (Å²) < 4.78 is 161. The van der Waals surface area contributed by atoms with Gasteiger partial charge in [0.15, 0.2) is 0 Å². The molecule has 0 amide bonds. The number of alkyl halides is 12. The van der Waals surface area contributed by atoms with Crippen LogP contribution in [0.25, 0.3) is 165 Å². The number of halogens is 12. The van der Waals surface area contributed by atoms with E-state index in [1.54, 1.807) is 49.1 Å². The molecule has 1 atom stereocenters. The van der Waals surface area contributed by atoms with Crippen molar-refractivity contribution in [3.8, 4) is 73.7 Å². The van der Waals surface area contributed by atoms with Crippen molar-refractivity contribution in [1.29, 1.82) is 0 Å². The standard InChI is InChI=1S/C22H17F3N2O.2C21H16F3N3O.C19H19N5.C18H14F3N5/c23-22(24,25)13-3-6-15-17(11-13)21(12-1-4-14(28)5-2-12)27-19-8-7-18-16(20(15)19)9-10-26-18;2*22-21(23,24)16-9-11(28)5-6-14(16)20-13-4-2-1-3-12(13)19-15-10-25-27-17(15)7-8-18(19)26-20;1-10-14(9-20-22-10)19-13-6-4-3-5-12(13)18-15(21-19)7-8-16-17(18)11(2)23-24-16;19-18(20,21)15-7-14(25-26-15)17-10-4-2-1-3-9(10)16-11-8-22-24-12(11)5-6-13(16)23-17/h1-2,4-5,7-10,13,27-28H,3,6,11H2;2*5-10,28H,1-4H2,(H,25,27);7-9H,3-6H2,1-2H3,(H,20,22)(H,23,24);5-8H,1-4H2,(H,22,24)(H,25,26). The monoisotopic (exact) mass is 1820 g/mol. The van der Waals surface area contributed by atoms with Gasteiger partial charge in [0.1, 0.15) is 28.6 Å². The molecule has 0 saturated heterocycles. The van der Waals surface area contributed by atoms with Crippen molar-refractivity contribution in [2.45, 2.75) is 161 Å². The molecule has 10 N–H and O–H groups in total. The molecule has 0 bridgehead atoms. The van der Waals surface area contributed by atoms with Crippen LogP contribution in [-0.4, -0.2) is 113 Å². The molecule has 21 nitrogen and oxygen atoms in total. The van der Waals surface area contributed by atoms with Gasteiger partial charge in [-0.2, -0.15) is 83.3 Å². The third-order valence-corrected chi connectivity index (χ3v) is 26.9. The van der Waals surface area contributed by atoms with Crippen LogP contribution in [0.1, 0.15) is 142 Å². The van der Waals surface area contributed by atoms with Crippen molar-refractivity contribution < 1.29 is 68.0 Å². The number of H-pyrrole nitrogens is 7. The Morgan fingerprint density at radius 2 is 0.754 bits per heavy atom. The zero-order valence-corrected chi connectivity index (χ0v) is 71.9. The second kappa shape index (κ2) is 33.5. The number of rotatable bonds is 5. The summed E-state index contributed by atoms with van der Waals surface area (Å²) in [6.07, 6.45) is 6.61. The van der Waals surface area contributed by atoms with Crippen LogP contribution in [-0.2, 0) is 82.7 Å². The van der Waals surface area contributed by atoms with Gasteiger partial charge in [-0.15, -0.1) is 0 Å². The maximum atomic E-state index is 13.7. The Hall–Kier alpha value is -14.8. The molecule has 134 heavy (non-hydrogen) atoms. The first-order chi connectivity index (χ1) is 64.5. The van der Waals surface area contributed by atoms with Crippen molar-refractivity contribution >= 4 is 109 Å². The van der Waals surface area contributed by atoms with Crippen LogP contribution < -0.4 is 0 Å². The normalized spacial score (nSPS) is 15.1.